The number of nitrogens with zero attached hydrogens (tertiary/aromatic N) is 5. The van der Waals surface area contributed by atoms with Gasteiger partial charge < -0.3 is 15.5 Å². The molecule has 3 rings (SSSR count). The third kappa shape index (κ3) is 6.73. The number of benzene rings is 1. The summed E-state index contributed by atoms with van der Waals surface area (Å²) in [5, 5.41) is 0. The maximum Gasteiger partial charge on any atom is 0.354 e. The van der Waals surface area contributed by atoms with Crippen molar-refractivity contribution in [2.75, 3.05) is 31.1 Å². The van der Waals surface area contributed by atoms with E-state index in [0.29, 0.717) is 12.1 Å². The fraction of sp³-hybridized carbons (Fsp3) is 0.571. The van der Waals surface area contributed by atoms with Gasteiger partial charge in [0.25, 0.3) is 0 Å². The van der Waals surface area contributed by atoms with Crippen molar-refractivity contribution in [3.63, 3.8) is 0 Å². The van der Waals surface area contributed by atoms with Crippen molar-refractivity contribution >= 4 is 5.82 Å². The zero-order valence-electron chi connectivity index (χ0n) is 22.5. The maximum atomic E-state index is 12.9. The maximum absolute atomic E-state index is 12.9. The van der Waals surface area contributed by atoms with Gasteiger partial charge in [-0.25, -0.2) is 4.79 Å². The van der Waals surface area contributed by atoms with Crippen molar-refractivity contribution in [3.8, 4) is 5.69 Å². The van der Waals surface area contributed by atoms with Crippen LogP contribution in [0.3, 0.4) is 0 Å². The average molecular weight is 481 g/mol. The van der Waals surface area contributed by atoms with Crippen LogP contribution in [0.25, 0.3) is 5.69 Å². The highest BCUT2D eigenvalue weighted by atomic mass is 16.1. The number of piperazine rings is 1. The molecule has 0 saturated carbocycles. The minimum atomic E-state index is -0.433. The predicted octanol–water partition coefficient (Wildman–Crippen LogP) is 4.00. The summed E-state index contributed by atoms with van der Waals surface area (Å²) in [6.07, 6.45) is 4.21. The van der Waals surface area contributed by atoms with Gasteiger partial charge in [0, 0.05) is 62.2 Å². The Kier molecular flexibility index (Phi) is 8.78. The third-order valence-electron chi connectivity index (χ3n) is 7.03. The monoisotopic (exact) mass is 480 g/mol. The van der Waals surface area contributed by atoms with Crippen molar-refractivity contribution in [1.29, 1.82) is 0 Å². The smallest absolute Gasteiger partial charge is 0.354 e. The number of rotatable bonds is 10. The molecule has 1 aliphatic rings. The minimum Gasteiger partial charge on any atom is -0.370 e. The summed E-state index contributed by atoms with van der Waals surface area (Å²) in [6, 6.07) is 11.2. The fourth-order valence-corrected chi connectivity index (χ4v) is 4.78. The first-order valence-electron chi connectivity index (χ1n) is 12.9. The van der Waals surface area contributed by atoms with E-state index in [0.717, 1.165) is 49.9 Å². The first-order chi connectivity index (χ1) is 16.5. The highest BCUT2D eigenvalue weighted by Crippen LogP contribution is 2.20. The summed E-state index contributed by atoms with van der Waals surface area (Å²) in [7, 11) is 0. The van der Waals surface area contributed by atoms with E-state index in [1.165, 1.54) is 18.4 Å². The molecule has 1 unspecified atom stereocenters. The second-order valence-electron chi connectivity index (χ2n) is 10.7. The molecule has 1 fully saturated rings. The number of hydrogen-bond acceptors (Lipinski definition) is 6. The van der Waals surface area contributed by atoms with Crippen LogP contribution in [-0.2, 0) is 6.54 Å². The molecule has 1 atom stereocenters. The van der Waals surface area contributed by atoms with Crippen LogP contribution in [-0.4, -0.2) is 63.2 Å². The molecule has 0 amide bonds. The van der Waals surface area contributed by atoms with E-state index in [2.05, 4.69) is 66.1 Å². The molecule has 2 heterocycles. The Morgan fingerprint density at radius 3 is 2.26 bits per heavy atom. The van der Waals surface area contributed by atoms with Crippen LogP contribution in [0.1, 0.15) is 59.9 Å². The minimum absolute atomic E-state index is 0.259. The van der Waals surface area contributed by atoms with Crippen LogP contribution < -0.4 is 16.3 Å². The van der Waals surface area contributed by atoms with Gasteiger partial charge in [0.05, 0.1) is 5.69 Å². The van der Waals surface area contributed by atoms with E-state index in [1.54, 1.807) is 4.57 Å². The molecular formula is C28H44N6O. The predicted molar refractivity (Wildman–Crippen MR) is 146 cm³/mol. The molecule has 0 aliphatic carbocycles. The van der Waals surface area contributed by atoms with Crippen LogP contribution in [0.5, 0.6) is 0 Å². The summed E-state index contributed by atoms with van der Waals surface area (Å²) in [5.74, 6) is 0.720. The summed E-state index contributed by atoms with van der Waals surface area (Å²) in [5.41, 5.74) is 8.55. The van der Waals surface area contributed by atoms with Crippen molar-refractivity contribution in [2.45, 2.75) is 78.6 Å². The zero-order valence-corrected chi connectivity index (χ0v) is 22.5. The van der Waals surface area contributed by atoms with Crippen molar-refractivity contribution in [3.05, 3.63) is 64.9 Å². The van der Waals surface area contributed by atoms with E-state index in [-0.39, 0.29) is 5.69 Å². The Bertz CT molecular complexity index is 1030. The number of aromatic nitrogens is 2. The molecule has 0 spiro atoms. The van der Waals surface area contributed by atoms with Gasteiger partial charge in [-0.05, 0) is 64.8 Å². The molecule has 2 N–H and O–H groups in total. The van der Waals surface area contributed by atoms with E-state index < -0.39 is 5.54 Å². The zero-order chi connectivity index (χ0) is 25.8. The quantitative estimate of drug-likeness (QED) is 0.554. The molecule has 7 nitrogen and oxygen atoms in total. The summed E-state index contributed by atoms with van der Waals surface area (Å²) in [4.78, 5) is 24.2. The normalized spacial score (nSPS) is 15.7. The largest absolute Gasteiger partial charge is 0.370 e. The van der Waals surface area contributed by atoms with Crippen LogP contribution >= 0.6 is 0 Å². The van der Waals surface area contributed by atoms with Crippen LogP contribution in [0.4, 0.5) is 5.82 Å². The number of anilines is 1. The lowest BCUT2D eigenvalue weighted by molar-refractivity contribution is 0.147. The van der Waals surface area contributed by atoms with Crippen LogP contribution in [0.2, 0.25) is 0 Å². The molecule has 1 saturated heterocycles. The second kappa shape index (κ2) is 11.4. The molecule has 7 heteroatoms. The lowest BCUT2D eigenvalue weighted by Crippen LogP contribution is -2.51. The van der Waals surface area contributed by atoms with Crippen LogP contribution in [0.15, 0.2) is 53.6 Å². The lowest BCUT2D eigenvalue weighted by atomic mass is 10.0. The van der Waals surface area contributed by atoms with Gasteiger partial charge in [0.2, 0.25) is 0 Å². The summed E-state index contributed by atoms with van der Waals surface area (Å²) >= 11 is 0. The van der Waals surface area contributed by atoms with Crippen LogP contribution in [0, 0.1) is 0 Å². The third-order valence-corrected chi connectivity index (χ3v) is 7.03. The summed E-state index contributed by atoms with van der Waals surface area (Å²) < 4.78 is 1.61. The van der Waals surface area contributed by atoms with E-state index in [9.17, 15) is 4.79 Å². The highest BCUT2D eigenvalue weighted by Gasteiger charge is 2.25. The van der Waals surface area contributed by atoms with E-state index >= 15 is 0 Å². The van der Waals surface area contributed by atoms with Gasteiger partial charge in [0.1, 0.15) is 5.82 Å². The Morgan fingerprint density at radius 1 is 1.11 bits per heavy atom. The molecular weight excluding hydrogens is 436 g/mol. The molecule has 0 radical (unpaired) electrons. The first kappa shape index (κ1) is 27.0. The number of hydrogen-bond donors (Lipinski definition) is 1. The lowest BCUT2D eigenvalue weighted by Gasteiger charge is -2.41. The molecule has 1 aromatic heterocycles. The average Bonchev–Trinajstić information content (AvgIpc) is 2.82. The molecule has 35 heavy (non-hydrogen) atoms. The SMILES string of the molecule is C=C(N1CCN(c2ccn(-c3ccc(CN(C(C)C)C(C)CCC)cc3)c(=O)n2)CC1)C(C)(C)N. The van der Waals surface area contributed by atoms with Gasteiger partial charge in [0.15, 0.2) is 0 Å². The van der Waals surface area contributed by atoms with Gasteiger partial charge in [-0.2, -0.15) is 4.98 Å². The molecule has 2 aromatic rings. The van der Waals surface area contributed by atoms with E-state index in [1.807, 2.05) is 38.2 Å². The topological polar surface area (TPSA) is 70.6 Å². The number of nitrogens with two attached hydrogens (primary N) is 1. The standard InChI is InChI=1S/C28H44N6O/c1-8-9-22(4)34(21(2)3)20-24-10-12-25(13-11-24)33-15-14-26(30-27(33)35)32-18-16-31(17-19-32)23(5)28(6,7)29/h10-15,21-22H,5,8-9,16-20,29H2,1-4,6-7H3. The molecule has 192 valence electrons. The first-order valence-corrected chi connectivity index (χ1v) is 12.9. The highest BCUT2D eigenvalue weighted by molar-refractivity contribution is 5.41. The fourth-order valence-electron chi connectivity index (χ4n) is 4.78. The molecule has 0 bridgehead atoms. The Morgan fingerprint density at radius 2 is 1.74 bits per heavy atom. The second-order valence-corrected chi connectivity index (χ2v) is 10.7. The summed E-state index contributed by atoms with van der Waals surface area (Å²) in [6.45, 7) is 21.3. The van der Waals surface area contributed by atoms with Crippen molar-refractivity contribution in [2.24, 2.45) is 5.73 Å². The molecule has 1 aliphatic heterocycles. The van der Waals surface area contributed by atoms with Crippen molar-refractivity contribution in [1.82, 2.24) is 19.4 Å². The molecule has 1 aromatic carbocycles. The Hall–Kier alpha value is -2.64. The van der Waals surface area contributed by atoms with Gasteiger partial charge in [-0.1, -0.05) is 32.1 Å². The Balaban J connectivity index is 1.67. The van der Waals surface area contributed by atoms with Crippen molar-refractivity contribution < 1.29 is 0 Å². The van der Waals surface area contributed by atoms with Gasteiger partial charge >= 0.3 is 5.69 Å². The Labute approximate surface area is 211 Å². The van der Waals surface area contributed by atoms with Gasteiger partial charge in [-0.15, -0.1) is 0 Å². The van der Waals surface area contributed by atoms with Gasteiger partial charge in [-0.3, -0.25) is 9.47 Å². The van der Waals surface area contributed by atoms with E-state index in [4.69, 9.17) is 5.73 Å².